The van der Waals surface area contributed by atoms with Gasteiger partial charge in [0.05, 0.1) is 17.7 Å². The molecule has 2 aromatic heterocycles. The van der Waals surface area contributed by atoms with Crippen LogP contribution in [0.4, 0.5) is 4.39 Å². The van der Waals surface area contributed by atoms with E-state index in [9.17, 15) is 19.1 Å². The molecule has 4 aromatic rings. The fraction of sp³-hybridized carbons (Fsp3) is 0.192. The molecule has 0 saturated heterocycles. The number of aromatic nitrogens is 2. The van der Waals surface area contributed by atoms with Crippen LogP contribution in [0.2, 0.25) is 0 Å². The van der Waals surface area contributed by atoms with Crippen molar-refractivity contribution >= 4 is 17.5 Å². The van der Waals surface area contributed by atoms with Gasteiger partial charge in [0.1, 0.15) is 18.1 Å². The smallest absolute Gasteiger partial charge is 0.309 e. The van der Waals surface area contributed by atoms with E-state index >= 15 is 0 Å². The number of carboxylic acids is 1. The molecule has 172 valence electrons. The zero-order valence-electron chi connectivity index (χ0n) is 18.4. The van der Waals surface area contributed by atoms with E-state index in [-0.39, 0.29) is 12.4 Å². The van der Waals surface area contributed by atoms with Crippen molar-refractivity contribution in [1.29, 1.82) is 0 Å². The van der Waals surface area contributed by atoms with Gasteiger partial charge >= 0.3 is 5.97 Å². The van der Waals surface area contributed by atoms with Crippen LogP contribution in [-0.4, -0.2) is 26.4 Å². The number of nitrogens with zero attached hydrogens (tertiary/aromatic N) is 2. The second kappa shape index (κ2) is 8.62. The molecule has 5 rings (SSSR count). The molecule has 0 fully saturated rings. The summed E-state index contributed by atoms with van der Waals surface area (Å²) < 4.78 is 21.4. The molecule has 1 amide bonds. The van der Waals surface area contributed by atoms with Crippen molar-refractivity contribution < 1.29 is 23.8 Å². The van der Waals surface area contributed by atoms with Crippen molar-refractivity contribution in [1.82, 2.24) is 14.7 Å². The van der Waals surface area contributed by atoms with Gasteiger partial charge in [0, 0.05) is 11.8 Å². The van der Waals surface area contributed by atoms with Gasteiger partial charge in [-0.05, 0) is 42.7 Å². The summed E-state index contributed by atoms with van der Waals surface area (Å²) in [5.41, 5.74) is 3.31. The second-order valence-corrected chi connectivity index (χ2v) is 8.29. The first kappa shape index (κ1) is 21.6. The van der Waals surface area contributed by atoms with E-state index in [2.05, 4.69) is 10.3 Å². The summed E-state index contributed by atoms with van der Waals surface area (Å²) in [6.07, 6.45) is 2.05. The number of ether oxygens (including phenoxy) is 1. The number of fused-ring (bicyclic) bond motifs is 2. The molecule has 0 aliphatic heterocycles. The van der Waals surface area contributed by atoms with Gasteiger partial charge in [-0.3, -0.25) is 14.0 Å². The fourth-order valence-corrected chi connectivity index (χ4v) is 4.53. The number of carboxylic acid groups (broad SMARTS) is 1. The van der Waals surface area contributed by atoms with Crippen LogP contribution in [0, 0.1) is 18.7 Å². The molecule has 0 saturated carbocycles. The Hall–Kier alpha value is -4.20. The number of hydrogen-bond donors (Lipinski definition) is 2. The Labute approximate surface area is 194 Å². The van der Waals surface area contributed by atoms with Crippen LogP contribution in [0.15, 0.2) is 66.9 Å². The predicted octanol–water partition coefficient (Wildman–Crippen LogP) is 4.09. The highest BCUT2D eigenvalue weighted by Gasteiger charge is 2.38. The lowest BCUT2D eigenvalue weighted by atomic mass is 10.0. The number of nitrogens with one attached hydrogen (secondary N) is 1. The number of pyridine rings is 1. The molecule has 2 N–H and O–H groups in total. The molecule has 1 aliphatic rings. The van der Waals surface area contributed by atoms with E-state index in [1.54, 1.807) is 47.9 Å². The number of halogens is 1. The lowest BCUT2D eigenvalue weighted by molar-refractivity contribution is -0.142. The third kappa shape index (κ3) is 3.77. The van der Waals surface area contributed by atoms with Crippen molar-refractivity contribution in [2.24, 2.45) is 5.92 Å². The lowest BCUT2D eigenvalue weighted by Gasteiger charge is -2.19. The number of imidazole rings is 1. The highest BCUT2D eigenvalue weighted by atomic mass is 19.1. The highest BCUT2D eigenvalue weighted by molar-refractivity contribution is 5.95. The van der Waals surface area contributed by atoms with Gasteiger partial charge in [-0.25, -0.2) is 9.37 Å². The molecular weight excluding hydrogens is 437 g/mol. The number of carbonyl (C=O) groups is 2. The minimum Gasteiger partial charge on any atom is -0.485 e. The summed E-state index contributed by atoms with van der Waals surface area (Å²) >= 11 is 0. The average Bonchev–Trinajstić information content (AvgIpc) is 3.36. The van der Waals surface area contributed by atoms with Gasteiger partial charge in [-0.1, -0.05) is 42.5 Å². The molecule has 2 aromatic carbocycles. The third-order valence-corrected chi connectivity index (χ3v) is 6.18. The molecule has 0 unspecified atom stereocenters. The number of amides is 1. The normalized spacial score (nSPS) is 16.9. The summed E-state index contributed by atoms with van der Waals surface area (Å²) in [5.74, 6) is -2.09. The van der Waals surface area contributed by atoms with E-state index in [0.717, 1.165) is 11.1 Å². The molecular formula is C26H22FN3O4. The van der Waals surface area contributed by atoms with Gasteiger partial charge in [-0.15, -0.1) is 0 Å². The third-order valence-electron chi connectivity index (χ3n) is 6.18. The van der Waals surface area contributed by atoms with E-state index in [1.807, 2.05) is 24.3 Å². The monoisotopic (exact) mass is 459 g/mol. The molecule has 0 bridgehead atoms. The van der Waals surface area contributed by atoms with E-state index < -0.39 is 23.8 Å². The van der Waals surface area contributed by atoms with Crippen LogP contribution in [0.1, 0.15) is 38.9 Å². The number of hydrogen-bond acceptors (Lipinski definition) is 4. The number of carbonyl (C=O) groups excluding carboxylic acids is 1. The van der Waals surface area contributed by atoms with Crippen LogP contribution in [0.3, 0.4) is 0 Å². The Balaban J connectivity index is 1.44. The van der Waals surface area contributed by atoms with Gasteiger partial charge in [0.25, 0.3) is 5.91 Å². The molecule has 2 atom stereocenters. The van der Waals surface area contributed by atoms with Crippen LogP contribution in [-0.2, 0) is 17.8 Å². The maximum atomic E-state index is 14.0. The first-order chi connectivity index (χ1) is 16.4. The Morgan fingerprint density at radius 1 is 1.15 bits per heavy atom. The number of rotatable bonds is 6. The minimum absolute atomic E-state index is 0.0128. The first-order valence-electron chi connectivity index (χ1n) is 10.9. The SMILES string of the molecule is Cc1nc2c(OCc3ccccc3F)cccn2c1C(=O)N[C@@H]1c2ccccc2C[C@H]1C(=O)O. The average molecular weight is 459 g/mol. The van der Waals surface area contributed by atoms with Crippen LogP contribution in [0.5, 0.6) is 5.75 Å². The van der Waals surface area contributed by atoms with Gasteiger partial charge < -0.3 is 15.2 Å². The lowest BCUT2D eigenvalue weighted by Crippen LogP contribution is -2.35. The quantitative estimate of drug-likeness (QED) is 0.453. The van der Waals surface area contributed by atoms with Gasteiger partial charge in [-0.2, -0.15) is 0 Å². The fourth-order valence-electron chi connectivity index (χ4n) is 4.53. The zero-order valence-corrected chi connectivity index (χ0v) is 18.4. The summed E-state index contributed by atoms with van der Waals surface area (Å²) in [7, 11) is 0. The predicted molar refractivity (Wildman–Crippen MR) is 122 cm³/mol. The molecule has 2 heterocycles. The van der Waals surface area contributed by atoms with E-state index in [4.69, 9.17) is 4.74 Å². The van der Waals surface area contributed by atoms with Crippen molar-refractivity contribution in [3.05, 3.63) is 101 Å². The summed E-state index contributed by atoms with van der Waals surface area (Å²) in [5, 5.41) is 12.6. The highest BCUT2D eigenvalue weighted by Crippen LogP contribution is 2.36. The van der Waals surface area contributed by atoms with Gasteiger partial charge in [0.15, 0.2) is 11.4 Å². The summed E-state index contributed by atoms with van der Waals surface area (Å²) in [6.45, 7) is 1.72. The second-order valence-electron chi connectivity index (χ2n) is 8.29. The van der Waals surface area contributed by atoms with Crippen LogP contribution in [0.25, 0.3) is 5.65 Å². The summed E-state index contributed by atoms with van der Waals surface area (Å²) in [4.78, 5) is 29.7. The Kier molecular flexibility index (Phi) is 5.49. The van der Waals surface area contributed by atoms with Crippen LogP contribution >= 0.6 is 0 Å². The zero-order chi connectivity index (χ0) is 23.8. The van der Waals surface area contributed by atoms with Crippen molar-refractivity contribution in [3.8, 4) is 5.75 Å². The molecule has 7 nitrogen and oxygen atoms in total. The Morgan fingerprint density at radius 2 is 1.91 bits per heavy atom. The molecule has 1 aliphatic carbocycles. The van der Waals surface area contributed by atoms with Crippen LogP contribution < -0.4 is 10.1 Å². The molecule has 0 radical (unpaired) electrons. The standard InChI is InChI=1S/C26H22FN3O4/c1-15-23(25(31)29-22-18-9-4-2-7-16(18)13-19(22)26(32)33)30-12-6-11-21(24(30)28-15)34-14-17-8-3-5-10-20(17)27/h2-12,19,22H,13-14H2,1H3,(H,29,31)(H,32,33)/t19-,22-/m1/s1. The number of aliphatic carboxylic acids is 1. The van der Waals surface area contributed by atoms with Crippen molar-refractivity contribution in [2.45, 2.75) is 26.0 Å². The Morgan fingerprint density at radius 3 is 2.71 bits per heavy atom. The summed E-state index contributed by atoms with van der Waals surface area (Å²) in [6, 6.07) is 16.6. The van der Waals surface area contributed by atoms with Crippen molar-refractivity contribution in [3.63, 3.8) is 0 Å². The molecule has 0 spiro atoms. The maximum Gasteiger partial charge on any atom is 0.309 e. The largest absolute Gasteiger partial charge is 0.485 e. The first-order valence-corrected chi connectivity index (χ1v) is 10.9. The number of aryl methyl sites for hydroxylation is 1. The maximum absolute atomic E-state index is 14.0. The Bertz CT molecular complexity index is 1410. The molecule has 8 heteroatoms. The minimum atomic E-state index is -0.958. The van der Waals surface area contributed by atoms with Crippen molar-refractivity contribution in [2.75, 3.05) is 0 Å². The van der Waals surface area contributed by atoms with E-state index in [1.165, 1.54) is 6.07 Å². The van der Waals surface area contributed by atoms with E-state index in [0.29, 0.717) is 34.8 Å². The topological polar surface area (TPSA) is 92.9 Å². The van der Waals surface area contributed by atoms with Gasteiger partial charge in [0.2, 0.25) is 0 Å². The molecule has 34 heavy (non-hydrogen) atoms. The number of benzene rings is 2.